The second-order valence-electron chi connectivity index (χ2n) is 3.61. The van der Waals surface area contributed by atoms with E-state index in [4.69, 9.17) is 10.4 Å². The molecular weight excluding hydrogens is 218 g/mol. The van der Waals surface area contributed by atoms with Gasteiger partial charge in [-0.1, -0.05) is 12.1 Å². The van der Waals surface area contributed by atoms with Gasteiger partial charge in [0.1, 0.15) is 0 Å². The van der Waals surface area contributed by atoms with Crippen LogP contribution in [0.25, 0.3) is 0 Å². The van der Waals surface area contributed by atoms with Crippen LogP contribution in [0.1, 0.15) is 11.1 Å². The van der Waals surface area contributed by atoms with Crippen LogP contribution in [0.15, 0.2) is 24.3 Å². The quantitative estimate of drug-likeness (QED) is 0.803. The number of aliphatic hydroxyl groups is 1. The maximum Gasteiger partial charge on any atom is 0.317 e. The van der Waals surface area contributed by atoms with Gasteiger partial charge in [-0.05, 0) is 17.7 Å². The summed E-state index contributed by atoms with van der Waals surface area (Å²) in [6, 6.07) is 8.81. The number of urea groups is 1. The van der Waals surface area contributed by atoms with Gasteiger partial charge in [0, 0.05) is 20.1 Å². The first kappa shape index (κ1) is 13.0. The van der Waals surface area contributed by atoms with Gasteiger partial charge in [-0.3, -0.25) is 0 Å². The van der Waals surface area contributed by atoms with Gasteiger partial charge >= 0.3 is 6.03 Å². The molecule has 0 aliphatic carbocycles. The highest BCUT2D eigenvalue weighted by atomic mass is 16.3. The number of hydrogen-bond acceptors (Lipinski definition) is 3. The number of nitrogens with one attached hydrogen (secondary N) is 1. The van der Waals surface area contributed by atoms with Crippen LogP contribution in [0.4, 0.5) is 4.79 Å². The lowest BCUT2D eigenvalue weighted by atomic mass is 10.1. The molecule has 0 aliphatic rings. The Morgan fingerprint density at radius 2 is 2.12 bits per heavy atom. The predicted molar refractivity (Wildman–Crippen MR) is 63.1 cm³/mol. The molecule has 2 amide bonds. The van der Waals surface area contributed by atoms with Crippen LogP contribution in [0.5, 0.6) is 0 Å². The van der Waals surface area contributed by atoms with Gasteiger partial charge < -0.3 is 15.3 Å². The van der Waals surface area contributed by atoms with Crippen molar-refractivity contribution in [3.63, 3.8) is 0 Å². The topological polar surface area (TPSA) is 76.4 Å². The van der Waals surface area contributed by atoms with E-state index in [2.05, 4.69) is 5.32 Å². The number of likely N-dealkylation sites (N-methyl/N-ethyl adjacent to an activating group) is 1. The Labute approximate surface area is 100 Å². The van der Waals surface area contributed by atoms with E-state index in [1.807, 2.05) is 6.07 Å². The lowest BCUT2D eigenvalue weighted by molar-refractivity contribution is 0.190. The maximum atomic E-state index is 11.5. The Morgan fingerprint density at radius 3 is 2.65 bits per heavy atom. The molecule has 0 radical (unpaired) electrons. The minimum atomic E-state index is -0.233. The van der Waals surface area contributed by atoms with E-state index in [0.29, 0.717) is 18.7 Å². The number of benzene rings is 1. The van der Waals surface area contributed by atoms with E-state index in [1.54, 1.807) is 31.3 Å². The number of aliphatic hydroxyl groups excluding tert-OH is 1. The summed E-state index contributed by atoms with van der Waals surface area (Å²) in [5, 5.41) is 20.0. The molecule has 0 unspecified atom stereocenters. The molecule has 2 N–H and O–H groups in total. The average Bonchev–Trinajstić information content (AvgIpc) is 2.36. The third-order valence-corrected chi connectivity index (χ3v) is 2.31. The zero-order valence-electron chi connectivity index (χ0n) is 9.68. The third-order valence-electron chi connectivity index (χ3n) is 2.31. The van der Waals surface area contributed by atoms with E-state index in [-0.39, 0.29) is 12.6 Å². The van der Waals surface area contributed by atoms with Gasteiger partial charge in [0.2, 0.25) is 0 Å². The summed E-state index contributed by atoms with van der Waals surface area (Å²) in [6.07, 6.45) is 0. The Kier molecular flexibility index (Phi) is 4.98. The smallest absolute Gasteiger partial charge is 0.317 e. The highest BCUT2D eigenvalue weighted by Gasteiger charge is 2.06. The van der Waals surface area contributed by atoms with Crippen molar-refractivity contribution in [3.8, 4) is 6.07 Å². The fourth-order valence-corrected chi connectivity index (χ4v) is 1.26. The summed E-state index contributed by atoms with van der Waals surface area (Å²) in [7, 11) is 1.62. The van der Waals surface area contributed by atoms with Crippen molar-refractivity contribution < 1.29 is 9.90 Å². The lowest BCUT2D eigenvalue weighted by Crippen LogP contribution is -2.38. The second kappa shape index (κ2) is 6.51. The van der Waals surface area contributed by atoms with Crippen LogP contribution in [-0.4, -0.2) is 36.2 Å². The summed E-state index contributed by atoms with van der Waals surface area (Å²) >= 11 is 0. The molecular formula is C12H15N3O2. The van der Waals surface area contributed by atoms with Crippen LogP contribution >= 0.6 is 0 Å². The number of rotatable bonds is 4. The van der Waals surface area contributed by atoms with Gasteiger partial charge in [0.15, 0.2) is 0 Å². The van der Waals surface area contributed by atoms with Crippen molar-refractivity contribution in [2.24, 2.45) is 0 Å². The van der Waals surface area contributed by atoms with Crippen LogP contribution in [-0.2, 0) is 6.54 Å². The van der Waals surface area contributed by atoms with Gasteiger partial charge in [-0.25, -0.2) is 4.79 Å². The third kappa shape index (κ3) is 4.13. The highest BCUT2D eigenvalue weighted by molar-refractivity contribution is 5.73. The highest BCUT2D eigenvalue weighted by Crippen LogP contribution is 2.02. The molecule has 0 aliphatic heterocycles. The molecule has 0 saturated heterocycles. The Balaban J connectivity index is 2.45. The van der Waals surface area contributed by atoms with Crippen molar-refractivity contribution in [2.75, 3.05) is 20.2 Å². The van der Waals surface area contributed by atoms with Crippen molar-refractivity contribution >= 4 is 6.03 Å². The largest absolute Gasteiger partial charge is 0.395 e. The minimum absolute atomic E-state index is 0.0548. The molecule has 0 spiro atoms. The fraction of sp³-hybridized carbons (Fsp3) is 0.333. The number of amides is 2. The van der Waals surface area contributed by atoms with Crippen molar-refractivity contribution in [2.45, 2.75) is 6.54 Å². The maximum absolute atomic E-state index is 11.5. The molecule has 0 aromatic heterocycles. The fourth-order valence-electron chi connectivity index (χ4n) is 1.26. The molecule has 1 aromatic carbocycles. The summed E-state index contributed by atoms with van der Waals surface area (Å²) in [5.74, 6) is 0. The molecule has 1 rings (SSSR count). The van der Waals surface area contributed by atoms with E-state index in [0.717, 1.165) is 5.56 Å². The van der Waals surface area contributed by atoms with Crippen LogP contribution in [0, 0.1) is 11.3 Å². The number of nitriles is 1. The number of carbonyl (C=O) groups is 1. The molecule has 0 fully saturated rings. The minimum Gasteiger partial charge on any atom is -0.395 e. The summed E-state index contributed by atoms with van der Waals surface area (Å²) < 4.78 is 0. The Hall–Kier alpha value is -2.06. The molecule has 0 heterocycles. The molecule has 5 nitrogen and oxygen atoms in total. The van der Waals surface area contributed by atoms with E-state index in [9.17, 15) is 4.79 Å². The van der Waals surface area contributed by atoms with E-state index < -0.39 is 0 Å². The van der Waals surface area contributed by atoms with Gasteiger partial charge in [0.25, 0.3) is 0 Å². The van der Waals surface area contributed by atoms with Crippen LogP contribution in [0.2, 0.25) is 0 Å². The monoisotopic (exact) mass is 233 g/mol. The first-order valence-electron chi connectivity index (χ1n) is 5.26. The first-order valence-corrected chi connectivity index (χ1v) is 5.26. The van der Waals surface area contributed by atoms with Gasteiger partial charge in [-0.15, -0.1) is 0 Å². The van der Waals surface area contributed by atoms with Crippen LogP contribution in [0.3, 0.4) is 0 Å². The molecule has 0 saturated carbocycles. The van der Waals surface area contributed by atoms with E-state index in [1.165, 1.54) is 4.90 Å². The van der Waals surface area contributed by atoms with Gasteiger partial charge in [-0.2, -0.15) is 5.26 Å². The molecule has 17 heavy (non-hydrogen) atoms. The molecule has 0 bridgehead atoms. The summed E-state index contributed by atoms with van der Waals surface area (Å²) in [5.41, 5.74) is 1.52. The summed E-state index contributed by atoms with van der Waals surface area (Å²) in [6.45, 7) is 0.653. The summed E-state index contributed by atoms with van der Waals surface area (Å²) in [4.78, 5) is 12.9. The zero-order valence-corrected chi connectivity index (χ0v) is 9.68. The van der Waals surface area contributed by atoms with Gasteiger partial charge in [0.05, 0.1) is 18.2 Å². The van der Waals surface area contributed by atoms with Crippen molar-refractivity contribution in [3.05, 3.63) is 35.4 Å². The van der Waals surface area contributed by atoms with Crippen LogP contribution < -0.4 is 5.32 Å². The predicted octanol–water partition coefficient (Wildman–Crippen LogP) is 0.692. The molecule has 5 heteroatoms. The first-order chi connectivity index (χ1) is 8.17. The van der Waals surface area contributed by atoms with Crippen molar-refractivity contribution in [1.29, 1.82) is 5.26 Å². The molecule has 90 valence electrons. The standard InChI is InChI=1S/C12H15N3O2/c1-15(6-7-16)12(17)14-9-11-4-2-10(8-13)3-5-11/h2-5,16H,6-7,9H2,1H3,(H,14,17). The average molecular weight is 233 g/mol. The van der Waals surface area contributed by atoms with E-state index >= 15 is 0 Å². The lowest BCUT2D eigenvalue weighted by Gasteiger charge is -2.16. The Morgan fingerprint density at radius 1 is 1.47 bits per heavy atom. The zero-order chi connectivity index (χ0) is 12.7. The molecule has 1 aromatic rings. The number of carbonyl (C=O) groups excluding carboxylic acids is 1. The number of nitrogens with zero attached hydrogens (tertiary/aromatic N) is 2. The second-order valence-corrected chi connectivity index (χ2v) is 3.61. The SMILES string of the molecule is CN(CCO)C(=O)NCc1ccc(C#N)cc1. The Bertz CT molecular complexity index is 409. The number of hydrogen-bond donors (Lipinski definition) is 2. The normalized spacial score (nSPS) is 9.47. The van der Waals surface area contributed by atoms with Crippen molar-refractivity contribution in [1.82, 2.24) is 10.2 Å². The molecule has 0 atom stereocenters.